The van der Waals surface area contributed by atoms with Gasteiger partial charge in [-0.1, -0.05) is 30.3 Å². The summed E-state index contributed by atoms with van der Waals surface area (Å²) in [6.07, 6.45) is 1.81. The van der Waals surface area contributed by atoms with Gasteiger partial charge in [-0.05, 0) is 56.1 Å². The molecule has 2 fully saturated rings. The van der Waals surface area contributed by atoms with Crippen molar-refractivity contribution in [2.24, 2.45) is 0 Å². The standard InChI is InChI=1S/C23H28N2O4S/c1-2-29-20-12-10-19(11-13-20)25-22-17-30(27,28)16-21(22)24(15-23(25)26)14-6-9-18-7-4-3-5-8-18/h3-5,7-8,10-13,21-22H,2,6,9,14-17H2,1H3. The summed E-state index contributed by atoms with van der Waals surface area (Å²) < 4.78 is 30.4. The van der Waals surface area contributed by atoms with E-state index < -0.39 is 9.84 Å². The largest absolute Gasteiger partial charge is 0.494 e. The van der Waals surface area contributed by atoms with Crippen LogP contribution in [0.5, 0.6) is 5.75 Å². The van der Waals surface area contributed by atoms with E-state index in [2.05, 4.69) is 17.0 Å². The lowest BCUT2D eigenvalue weighted by Crippen LogP contribution is -2.62. The minimum atomic E-state index is -3.18. The first-order valence-electron chi connectivity index (χ1n) is 10.5. The summed E-state index contributed by atoms with van der Waals surface area (Å²) in [5.41, 5.74) is 1.99. The van der Waals surface area contributed by atoms with Gasteiger partial charge in [-0.2, -0.15) is 0 Å². The fraction of sp³-hybridized carbons (Fsp3) is 0.435. The Morgan fingerprint density at radius 3 is 2.40 bits per heavy atom. The molecule has 0 spiro atoms. The number of hydrogen-bond acceptors (Lipinski definition) is 5. The topological polar surface area (TPSA) is 66.9 Å². The Morgan fingerprint density at radius 2 is 1.70 bits per heavy atom. The van der Waals surface area contributed by atoms with Crippen LogP contribution in [0.15, 0.2) is 54.6 Å². The molecule has 2 aromatic rings. The maximum Gasteiger partial charge on any atom is 0.241 e. The zero-order valence-electron chi connectivity index (χ0n) is 17.2. The van der Waals surface area contributed by atoms with Crippen LogP contribution in [0.1, 0.15) is 18.9 Å². The van der Waals surface area contributed by atoms with Crippen LogP contribution in [0.2, 0.25) is 0 Å². The molecule has 2 aliphatic rings. The molecule has 0 bridgehead atoms. The average Bonchev–Trinajstić information content (AvgIpc) is 3.05. The highest BCUT2D eigenvalue weighted by molar-refractivity contribution is 7.91. The Hall–Kier alpha value is -2.38. The third kappa shape index (κ3) is 4.52. The highest BCUT2D eigenvalue weighted by Gasteiger charge is 2.49. The first-order chi connectivity index (χ1) is 14.5. The quantitative estimate of drug-likeness (QED) is 0.678. The van der Waals surface area contributed by atoms with Crippen LogP contribution in [-0.4, -0.2) is 62.5 Å². The molecule has 30 heavy (non-hydrogen) atoms. The fourth-order valence-electron chi connectivity index (χ4n) is 4.54. The van der Waals surface area contributed by atoms with Crippen LogP contribution in [0.25, 0.3) is 0 Å². The molecule has 0 aliphatic carbocycles. The Kier molecular flexibility index (Phi) is 6.11. The number of carbonyl (C=O) groups excluding carboxylic acids is 1. The van der Waals surface area contributed by atoms with E-state index in [9.17, 15) is 13.2 Å². The summed E-state index contributed by atoms with van der Waals surface area (Å²) in [6, 6.07) is 17.1. The summed E-state index contributed by atoms with van der Waals surface area (Å²) >= 11 is 0. The highest BCUT2D eigenvalue weighted by Crippen LogP contribution is 2.32. The van der Waals surface area contributed by atoms with E-state index in [1.54, 1.807) is 4.90 Å². The second-order valence-electron chi connectivity index (χ2n) is 7.96. The summed E-state index contributed by atoms with van der Waals surface area (Å²) in [6.45, 7) is 3.46. The predicted molar refractivity (Wildman–Crippen MR) is 118 cm³/mol. The van der Waals surface area contributed by atoms with Gasteiger partial charge in [0.1, 0.15) is 5.75 Å². The summed E-state index contributed by atoms with van der Waals surface area (Å²) in [5, 5.41) is 0. The molecule has 4 rings (SSSR count). The van der Waals surface area contributed by atoms with Gasteiger partial charge in [-0.3, -0.25) is 9.69 Å². The Balaban J connectivity index is 1.50. The maximum atomic E-state index is 13.1. The normalized spacial score (nSPS) is 23.4. The zero-order valence-corrected chi connectivity index (χ0v) is 18.1. The van der Waals surface area contributed by atoms with Crippen LogP contribution in [-0.2, 0) is 21.1 Å². The second-order valence-corrected chi connectivity index (χ2v) is 10.1. The minimum Gasteiger partial charge on any atom is -0.494 e. The van der Waals surface area contributed by atoms with Gasteiger partial charge in [-0.25, -0.2) is 8.42 Å². The molecule has 6 nitrogen and oxygen atoms in total. The number of aryl methyl sites for hydroxylation is 1. The number of sulfone groups is 1. The van der Waals surface area contributed by atoms with Gasteiger partial charge < -0.3 is 9.64 Å². The molecule has 0 N–H and O–H groups in total. The number of ether oxygens (including phenoxy) is 1. The van der Waals surface area contributed by atoms with Crippen molar-refractivity contribution >= 4 is 21.4 Å². The van der Waals surface area contributed by atoms with Crippen LogP contribution in [0.4, 0.5) is 5.69 Å². The van der Waals surface area contributed by atoms with Gasteiger partial charge in [-0.15, -0.1) is 0 Å². The van der Waals surface area contributed by atoms with Crippen molar-refractivity contribution in [3.8, 4) is 5.75 Å². The second kappa shape index (κ2) is 8.78. The number of anilines is 1. The monoisotopic (exact) mass is 428 g/mol. The first-order valence-corrected chi connectivity index (χ1v) is 12.3. The fourth-order valence-corrected chi connectivity index (χ4v) is 6.52. The van der Waals surface area contributed by atoms with Crippen LogP contribution in [0.3, 0.4) is 0 Å². The lowest BCUT2D eigenvalue weighted by molar-refractivity contribution is -0.123. The molecule has 2 saturated heterocycles. The molecule has 2 heterocycles. The van der Waals surface area contributed by atoms with Gasteiger partial charge in [0.05, 0.1) is 30.7 Å². The van der Waals surface area contributed by atoms with E-state index in [-0.39, 0.29) is 36.0 Å². The zero-order chi connectivity index (χ0) is 21.1. The van der Waals surface area contributed by atoms with Crippen molar-refractivity contribution in [1.29, 1.82) is 0 Å². The average molecular weight is 429 g/mol. The Morgan fingerprint density at radius 1 is 1.00 bits per heavy atom. The smallest absolute Gasteiger partial charge is 0.241 e. The molecule has 2 aliphatic heterocycles. The van der Waals surface area contributed by atoms with E-state index in [1.807, 2.05) is 49.4 Å². The van der Waals surface area contributed by atoms with E-state index in [0.29, 0.717) is 13.2 Å². The maximum absolute atomic E-state index is 13.1. The van der Waals surface area contributed by atoms with E-state index in [1.165, 1.54) is 5.56 Å². The molecule has 0 radical (unpaired) electrons. The van der Waals surface area contributed by atoms with Crippen molar-refractivity contribution in [3.05, 3.63) is 60.2 Å². The van der Waals surface area contributed by atoms with E-state index in [0.717, 1.165) is 24.3 Å². The van der Waals surface area contributed by atoms with Gasteiger partial charge in [0, 0.05) is 11.7 Å². The first kappa shape index (κ1) is 20.9. The van der Waals surface area contributed by atoms with Crippen molar-refractivity contribution < 1.29 is 17.9 Å². The number of fused-ring (bicyclic) bond motifs is 1. The number of piperazine rings is 1. The SMILES string of the molecule is CCOc1ccc(N2C(=O)CN(CCCc3ccccc3)C3CS(=O)(=O)CC32)cc1. The molecule has 160 valence electrons. The van der Waals surface area contributed by atoms with Crippen molar-refractivity contribution in [2.45, 2.75) is 31.8 Å². The van der Waals surface area contributed by atoms with Crippen LogP contribution >= 0.6 is 0 Å². The molecule has 2 unspecified atom stereocenters. The lowest BCUT2D eigenvalue weighted by Gasteiger charge is -2.43. The third-order valence-corrected chi connectivity index (χ3v) is 7.58. The summed E-state index contributed by atoms with van der Waals surface area (Å²) in [7, 11) is -3.18. The van der Waals surface area contributed by atoms with E-state index >= 15 is 0 Å². The number of rotatable bonds is 7. The number of benzene rings is 2. The third-order valence-electron chi connectivity index (χ3n) is 5.88. The molecule has 7 heteroatoms. The molecular formula is C23H28N2O4S. The number of amides is 1. The molecule has 0 saturated carbocycles. The molecule has 2 atom stereocenters. The molecular weight excluding hydrogens is 400 g/mol. The molecule has 1 amide bonds. The van der Waals surface area contributed by atoms with Crippen molar-refractivity contribution in [3.63, 3.8) is 0 Å². The predicted octanol–water partition coefficient (Wildman–Crippen LogP) is 2.53. The lowest BCUT2D eigenvalue weighted by atomic mass is 10.0. The van der Waals surface area contributed by atoms with E-state index in [4.69, 9.17) is 4.74 Å². The van der Waals surface area contributed by atoms with Gasteiger partial charge in [0.2, 0.25) is 5.91 Å². The number of hydrogen-bond donors (Lipinski definition) is 0. The summed E-state index contributed by atoms with van der Waals surface area (Å²) in [5.74, 6) is 0.830. The van der Waals surface area contributed by atoms with Crippen molar-refractivity contribution in [2.75, 3.05) is 36.1 Å². The Labute approximate surface area is 178 Å². The van der Waals surface area contributed by atoms with Gasteiger partial charge >= 0.3 is 0 Å². The van der Waals surface area contributed by atoms with Gasteiger partial charge in [0.25, 0.3) is 0 Å². The molecule has 2 aromatic carbocycles. The Bertz CT molecular complexity index is 976. The highest BCUT2D eigenvalue weighted by atomic mass is 32.2. The minimum absolute atomic E-state index is 0.0196. The van der Waals surface area contributed by atoms with Crippen LogP contribution in [0, 0.1) is 0 Å². The van der Waals surface area contributed by atoms with Gasteiger partial charge in [0.15, 0.2) is 9.84 Å². The van der Waals surface area contributed by atoms with Crippen molar-refractivity contribution in [1.82, 2.24) is 4.90 Å². The molecule has 0 aromatic heterocycles. The number of nitrogens with zero attached hydrogens (tertiary/aromatic N) is 2. The number of carbonyl (C=O) groups is 1. The van der Waals surface area contributed by atoms with Crippen LogP contribution < -0.4 is 9.64 Å². The summed E-state index contributed by atoms with van der Waals surface area (Å²) in [4.78, 5) is 16.8.